The summed E-state index contributed by atoms with van der Waals surface area (Å²) in [7, 11) is 0. The number of ether oxygens (including phenoxy) is 2. The first-order chi connectivity index (χ1) is 16.2. The van der Waals surface area contributed by atoms with Crippen LogP contribution in [-0.4, -0.2) is 51.1 Å². The van der Waals surface area contributed by atoms with Crippen molar-refractivity contribution in [1.29, 1.82) is 0 Å². The molecule has 194 valence electrons. The maximum Gasteiger partial charge on any atom is 0.199 e. The number of fused-ring (bicyclic) bond motifs is 6. The maximum absolute atomic E-state index is 12.3. The summed E-state index contributed by atoms with van der Waals surface area (Å²) in [6, 6.07) is 0. The molecule has 0 unspecified atom stereocenters. The third kappa shape index (κ3) is 2.83. The van der Waals surface area contributed by atoms with Crippen molar-refractivity contribution in [1.82, 2.24) is 0 Å². The number of rotatable bonds is 1. The van der Waals surface area contributed by atoms with E-state index in [1.165, 1.54) is 16.7 Å². The van der Waals surface area contributed by atoms with E-state index in [1.54, 1.807) is 13.8 Å². The highest BCUT2D eigenvalue weighted by atomic mass is 16.8. The minimum absolute atomic E-state index is 0.0281. The molecule has 10 atom stereocenters. The van der Waals surface area contributed by atoms with Crippen LogP contribution in [0.5, 0.6) is 0 Å². The standard InChI is InChI=1S/C30H44O5/c1-16-14-21-24(27(4,5)33)35-30(34-21)23(16)28(6)13-12-18-15-17-8-11-22(31)26(2,3)19(17)9-10-20(18)29(28,7)25(30)32/h8,10,12,16,19,21-25,31-33H,9,11,13-15H2,1-7H3/t16-,19-,21-,22+,23-,24+,25-,28-,29-,30+/m1/s1. The maximum atomic E-state index is 12.3. The molecule has 0 radical (unpaired) electrons. The van der Waals surface area contributed by atoms with Crippen molar-refractivity contribution >= 4 is 0 Å². The van der Waals surface area contributed by atoms with Crippen molar-refractivity contribution in [2.45, 2.75) is 116 Å². The summed E-state index contributed by atoms with van der Waals surface area (Å²) in [4.78, 5) is 0. The van der Waals surface area contributed by atoms with E-state index in [-0.39, 0.29) is 29.0 Å². The predicted molar refractivity (Wildman–Crippen MR) is 134 cm³/mol. The molecule has 2 aliphatic heterocycles. The van der Waals surface area contributed by atoms with Crippen molar-refractivity contribution in [2.75, 3.05) is 0 Å². The predicted octanol–water partition coefficient (Wildman–Crippen LogP) is 4.66. The fourth-order valence-corrected chi connectivity index (χ4v) is 9.43. The highest BCUT2D eigenvalue weighted by Gasteiger charge is 2.80. The van der Waals surface area contributed by atoms with Crippen LogP contribution >= 0.6 is 0 Å². The lowest BCUT2D eigenvalue weighted by molar-refractivity contribution is -0.279. The van der Waals surface area contributed by atoms with Gasteiger partial charge in [-0.15, -0.1) is 0 Å². The van der Waals surface area contributed by atoms with E-state index in [2.05, 4.69) is 52.8 Å². The third-order valence-electron chi connectivity index (χ3n) is 11.5. The van der Waals surface area contributed by atoms with E-state index in [0.717, 1.165) is 25.7 Å². The minimum Gasteiger partial charge on any atom is -0.392 e. The molecule has 5 heteroatoms. The van der Waals surface area contributed by atoms with E-state index >= 15 is 0 Å². The van der Waals surface area contributed by atoms with Crippen LogP contribution in [0.4, 0.5) is 0 Å². The lowest BCUT2D eigenvalue weighted by Crippen LogP contribution is -2.52. The molecule has 3 fully saturated rings. The number of allylic oxidation sites excluding steroid dienone is 4. The summed E-state index contributed by atoms with van der Waals surface area (Å²) in [5.74, 6) is -0.474. The van der Waals surface area contributed by atoms with Crippen LogP contribution in [-0.2, 0) is 9.47 Å². The Labute approximate surface area is 210 Å². The summed E-state index contributed by atoms with van der Waals surface area (Å²) < 4.78 is 13.4. The molecule has 6 aliphatic rings. The van der Waals surface area contributed by atoms with Gasteiger partial charge in [0.1, 0.15) is 12.2 Å². The van der Waals surface area contributed by atoms with Crippen molar-refractivity contribution in [3.63, 3.8) is 0 Å². The molecule has 0 amide bonds. The van der Waals surface area contributed by atoms with Crippen LogP contribution in [0.3, 0.4) is 0 Å². The van der Waals surface area contributed by atoms with Crippen LogP contribution in [0.1, 0.15) is 80.6 Å². The fraction of sp³-hybridized carbons (Fsp3) is 0.800. The Morgan fingerprint density at radius 3 is 2.40 bits per heavy atom. The topological polar surface area (TPSA) is 79.2 Å². The number of aliphatic hydroxyl groups is 3. The highest BCUT2D eigenvalue weighted by molar-refractivity contribution is 5.50. The Morgan fingerprint density at radius 2 is 1.71 bits per heavy atom. The first-order valence-electron chi connectivity index (χ1n) is 13.7. The van der Waals surface area contributed by atoms with E-state index in [1.807, 2.05) is 0 Å². The van der Waals surface area contributed by atoms with Crippen molar-refractivity contribution in [3.05, 3.63) is 34.9 Å². The molecule has 3 N–H and O–H groups in total. The van der Waals surface area contributed by atoms with Gasteiger partial charge >= 0.3 is 0 Å². The average molecular weight is 485 g/mol. The van der Waals surface area contributed by atoms with Crippen LogP contribution in [0, 0.1) is 34.0 Å². The summed E-state index contributed by atoms with van der Waals surface area (Å²) in [5, 5.41) is 34.0. The molecule has 0 aromatic rings. The minimum atomic E-state index is -1.10. The molecular formula is C30H44O5. The molecule has 1 spiro atoms. The second kappa shape index (κ2) is 7.11. The SMILES string of the molecule is C[C@@H]1C[C@H]2O[C@]3(O[C@@H]2C(C)(C)O)[C@H]1[C@@]1(C)CC=C2CC4=CC[C@H](O)C(C)(C)[C@@H]4CC=C2[C@]1(C)[C@H]3O. The number of hydrogen-bond donors (Lipinski definition) is 3. The molecule has 5 nitrogen and oxygen atoms in total. The Hall–Kier alpha value is -0.980. The molecule has 1 saturated carbocycles. The van der Waals surface area contributed by atoms with Crippen molar-refractivity contribution in [2.24, 2.45) is 34.0 Å². The summed E-state index contributed by atoms with van der Waals surface area (Å²) in [6.45, 7) is 14.8. The van der Waals surface area contributed by atoms with Gasteiger partial charge in [0.2, 0.25) is 0 Å². The normalized spacial score (nSPS) is 52.3. The first-order valence-corrected chi connectivity index (χ1v) is 13.7. The van der Waals surface area contributed by atoms with Gasteiger partial charge in [0.25, 0.3) is 0 Å². The Bertz CT molecular complexity index is 1030. The molecule has 2 heterocycles. The quantitative estimate of drug-likeness (QED) is 0.472. The molecule has 35 heavy (non-hydrogen) atoms. The van der Waals surface area contributed by atoms with Gasteiger partial charge in [0.05, 0.1) is 17.8 Å². The van der Waals surface area contributed by atoms with Crippen LogP contribution in [0.15, 0.2) is 34.9 Å². The zero-order valence-corrected chi connectivity index (χ0v) is 22.5. The molecule has 0 aromatic heterocycles. The zero-order valence-electron chi connectivity index (χ0n) is 22.5. The van der Waals surface area contributed by atoms with Gasteiger partial charge in [-0.25, -0.2) is 0 Å². The largest absolute Gasteiger partial charge is 0.392 e. The number of hydrogen-bond acceptors (Lipinski definition) is 5. The summed E-state index contributed by atoms with van der Waals surface area (Å²) in [5.41, 5.74) is 2.00. The van der Waals surface area contributed by atoms with Crippen LogP contribution in [0.2, 0.25) is 0 Å². The van der Waals surface area contributed by atoms with Gasteiger partial charge in [-0.05, 0) is 79.8 Å². The smallest absolute Gasteiger partial charge is 0.199 e. The zero-order chi connectivity index (χ0) is 25.3. The molecule has 2 saturated heterocycles. The van der Waals surface area contributed by atoms with Crippen molar-refractivity contribution in [3.8, 4) is 0 Å². The van der Waals surface area contributed by atoms with Crippen LogP contribution < -0.4 is 0 Å². The second-order valence-electron chi connectivity index (χ2n) is 14.2. The Morgan fingerprint density at radius 1 is 1.00 bits per heavy atom. The molecule has 0 aromatic carbocycles. The molecule has 4 aliphatic carbocycles. The van der Waals surface area contributed by atoms with Gasteiger partial charge < -0.3 is 24.8 Å². The van der Waals surface area contributed by atoms with Crippen LogP contribution in [0.25, 0.3) is 0 Å². The highest BCUT2D eigenvalue weighted by Crippen LogP contribution is 2.74. The van der Waals surface area contributed by atoms with E-state index in [4.69, 9.17) is 9.47 Å². The van der Waals surface area contributed by atoms with Gasteiger partial charge in [-0.3, -0.25) is 0 Å². The van der Waals surface area contributed by atoms with Crippen molar-refractivity contribution < 1.29 is 24.8 Å². The number of aliphatic hydroxyl groups excluding tert-OH is 2. The van der Waals surface area contributed by atoms with E-state index < -0.39 is 29.0 Å². The lowest BCUT2D eigenvalue weighted by Gasteiger charge is -2.51. The fourth-order valence-electron chi connectivity index (χ4n) is 9.43. The van der Waals surface area contributed by atoms with Gasteiger partial charge in [0, 0.05) is 11.3 Å². The summed E-state index contributed by atoms with van der Waals surface area (Å²) >= 11 is 0. The first kappa shape index (κ1) is 24.4. The van der Waals surface area contributed by atoms with Gasteiger partial charge in [0.15, 0.2) is 5.79 Å². The van der Waals surface area contributed by atoms with E-state index in [0.29, 0.717) is 18.3 Å². The molecular weight excluding hydrogens is 440 g/mol. The van der Waals surface area contributed by atoms with Gasteiger partial charge in [-0.1, -0.05) is 58.4 Å². The molecule has 6 rings (SSSR count). The second-order valence-corrected chi connectivity index (χ2v) is 14.2. The lowest BCUT2D eigenvalue weighted by atomic mass is 9.53. The summed E-state index contributed by atoms with van der Waals surface area (Å²) in [6.07, 6.45) is 9.39. The Kier molecular flexibility index (Phi) is 4.95. The molecule has 2 bridgehead atoms. The average Bonchev–Trinajstić information content (AvgIpc) is 3.03. The monoisotopic (exact) mass is 484 g/mol. The third-order valence-corrected chi connectivity index (χ3v) is 11.5. The van der Waals surface area contributed by atoms with Gasteiger partial charge in [-0.2, -0.15) is 0 Å². The Balaban J connectivity index is 1.47. The van der Waals surface area contributed by atoms with E-state index in [9.17, 15) is 15.3 Å².